The van der Waals surface area contributed by atoms with Gasteiger partial charge in [-0.25, -0.2) is 8.42 Å². The molecule has 2 aromatic carbocycles. The third-order valence-electron chi connectivity index (χ3n) is 3.54. The van der Waals surface area contributed by atoms with Crippen LogP contribution in [0.15, 0.2) is 59.5 Å². The average Bonchev–Trinajstić information content (AvgIpc) is 2.59. The highest BCUT2D eigenvalue weighted by Gasteiger charge is 2.17. The highest BCUT2D eigenvalue weighted by Crippen LogP contribution is 2.17. The third-order valence-corrected chi connectivity index (χ3v) is 5.23. The number of carbonyl (C=O) groups is 1. The van der Waals surface area contributed by atoms with Gasteiger partial charge < -0.3 is 10.6 Å². The lowest BCUT2D eigenvalue weighted by molar-refractivity contribution is 0.0953. The van der Waals surface area contributed by atoms with Gasteiger partial charge in [0.2, 0.25) is 0 Å². The molecule has 0 aliphatic heterocycles. The number of benzene rings is 2. The Morgan fingerprint density at radius 2 is 1.75 bits per heavy atom. The first-order chi connectivity index (χ1) is 11.5. The van der Waals surface area contributed by atoms with Crippen molar-refractivity contribution in [2.45, 2.75) is 17.1 Å². The van der Waals surface area contributed by atoms with Crippen molar-refractivity contribution in [3.8, 4) is 0 Å². The highest BCUT2D eigenvalue weighted by molar-refractivity contribution is 7.90. The van der Waals surface area contributed by atoms with Crippen LogP contribution >= 0.6 is 0 Å². The van der Waals surface area contributed by atoms with E-state index in [0.717, 1.165) is 18.5 Å². The van der Waals surface area contributed by atoms with Gasteiger partial charge >= 0.3 is 0 Å². The second-order valence-electron chi connectivity index (χ2n) is 5.49. The Bertz CT molecular complexity index is 774. The minimum Gasteiger partial charge on any atom is -0.352 e. The summed E-state index contributed by atoms with van der Waals surface area (Å²) in [5.41, 5.74) is 1.08. The average molecular weight is 346 g/mol. The smallest absolute Gasteiger partial charge is 0.251 e. The van der Waals surface area contributed by atoms with Crippen molar-refractivity contribution in [2.75, 3.05) is 20.1 Å². The zero-order chi connectivity index (χ0) is 17.4. The Labute approximate surface area is 143 Å². The fraction of sp³-hybridized carbons (Fsp3) is 0.278. The van der Waals surface area contributed by atoms with Gasteiger partial charge in [-0.1, -0.05) is 36.4 Å². The number of hydrogen-bond acceptors (Lipinski definition) is 4. The van der Waals surface area contributed by atoms with E-state index in [9.17, 15) is 13.2 Å². The Morgan fingerprint density at radius 3 is 2.46 bits per heavy atom. The van der Waals surface area contributed by atoms with Gasteiger partial charge in [-0.05, 0) is 43.8 Å². The molecule has 0 unspecified atom stereocenters. The number of amides is 1. The monoisotopic (exact) mass is 346 g/mol. The minimum atomic E-state index is -3.49. The van der Waals surface area contributed by atoms with Crippen LogP contribution in [0.4, 0.5) is 0 Å². The molecule has 0 aliphatic carbocycles. The largest absolute Gasteiger partial charge is 0.352 e. The van der Waals surface area contributed by atoms with Crippen LogP contribution in [-0.4, -0.2) is 34.5 Å². The summed E-state index contributed by atoms with van der Waals surface area (Å²) in [5, 5.41) is 5.79. The van der Waals surface area contributed by atoms with Gasteiger partial charge in [0.15, 0.2) is 9.84 Å². The first kappa shape index (κ1) is 18.2. The van der Waals surface area contributed by atoms with Gasteiger partial charge in [0.25, 0.3) is 5.91 Å². The maximum absolute atomic E-state index is 12.5. The molecule has 0 saturated carbocycles. The fourth-order valence-electron chi connectivity index (χ4n) is 2.28. The summed E-state index contributed by atoms with van der Waals surface area (Å²) in [6, 6.07) is 15.2. The molecule has 0 aliphatic rings. The number of carbonyl (C=O) groups excluding carboxylic acids is 1. The van der Waals surface area contributed by atoms with Gasteiger partial charge in [-0.15, -0.1) is 0 Å². The summed E-state index contributed by atoms with van der Waals surface area (Å²) in [7, 11) is -1.64. The Hall–Kier alpha value is -2.18. The van der Waals surface area contributed by atoms with Gasteiger partial charge in [-0.3, -0.25) is 4.79 Å². The third kappa shape index (κ3) is 5.18. The molecule has 0 aromatic heterocycles. The van der Waals surface area contributed by atoms with Crippen molar-refractivity contribution in [2.24, 2.45) is 0 Å². The number of rotatable bonds is 8. The summed E-state index contributed by atoms with van der Waals surface area (Å²) in [6.45, 7) is 1.35. The van der Waals surface area contributed by atoms with Crippen LogP contribution in [0.1, 0.15) is 22.3 Å². The van der Waals surface area contributed by atoms with E-state index in [4.69, 9.17) is 0 Å². The molecular formula is C18H22N2O3S. The zero-order valence-corrected chi connectivity index (χ0v) is 14.5. The van der Waals surface area contributed by atoms with Crippen molar-refractivity contribution in [3.05, 3.63) is 65.7 Å². The molecule has 0 spiro atoms. The van der Waals surface area contributed by atoms with Crippen LogP contribution in [0, 0.1) is 0 Å². The van der Waals surface area contributed by atoms with Gasteiger partial charge in [0.1, 0.15) is 0 Å². The zero-order valence-electron chi connectivity index (χ0n) is 13.7. The van der Waals surface area contributed by atoms with Crippen LogP contribution < -0.4 is 10.6 Å². The van der Waals surface area contributed by atoms with Crippen molar-refractivity contribution in [1.82, 2.24) is 10.6 Å². The lowest BCUT2D eigenvalue weighted by atomic mass is 10.2. The highest BCUT2D eigenvalue weighted by atomic mass is 32.2. The van der Waals surface area contributed by atoms with E-state index in [2.05, 4.69) is 10.6 Å². The van der Waals surface area contributed by atoms with Crippen LogP contribution in [0.25, 0.3) is 0 Å². The van der Waals surface area contributed by atoms with E-state index < -0.39 is 9.84 Å². The van der Waals surface area contributed by atoms with Gasteiger partial charge in [0.05, 0.1) is 10.6 Å². The second-order valence-corrected chi connectivity index (χ2v) is 7.48. The molecule has 128 valence electrons. The Morgan fingerprint density at radius 1 is 1.00 bits per heavy atom. The minimum absolute atomic E-state index is 0.0823. The molecule has 0 fully saturated rings. The standard InChI is InChI=1S/C18H22N2O3S/c1-19-11-6-12-20-18(21)16-9-5-10-17(13-16)24(22,23)14-15-7-3-2-4-8-15/h2-5,7-10,13,19H,6,11-12,14H2,1H3,(H,20,21). The van der Waals surface area contributed by atoms with E-state index in [-0.39, 0.29) is 16.6 Å². The van der Waals surface area contributed by atoms with Crippen molar-refractivity contribution in [3.63, 3.8) is 0 Å². The van der Waals surface area contributed by atoms with Gasteiger partial charge in [-0.2, -0.15) is 0 Å². The molecule has 5 nitrogen and oxygen atoms in total. The number of nitrogens with one attached hydrogen (secondary N) is 2. The second kappa shape index (κ2) is 8.61. The van der Waals surface area contributed by atoms with Crippen LogP contribution in [0.2, 0.25) is 0 Å². The van der Waals surface area contributed by atoms with E-state index in [1.54, 1.807) is 36.4 Å². The quantitative estimate of drug-likeness (QED) is 0.717. The predicted octanol–water partition coefficient (Wildman–Crippen LogP) is 2.00. The lowest BCUT2D eigenvalue weighted by Crippen LogP contribution is -2.26. The van der Waals surface area contributed by atoms with Gasteiger partial charge in [0, 0.05) is 12.1 Å². The number of sulfone groups is 1. The lowest BCUT2D eigenvalue weighted by Gasteiger charge is -2.08. The molecular weight excluding hydrogens is 324 g/mol. The molecule has 0 bridgehead atoms. The Kier molecular flexibility index (Phi) is 6.52. The topological polar surface area (TPSA) is 75.3 Å². The van der Waals surface area contributed by atoms with Crippen LogP contribution in [0.3, 0.4) is 0 Å². The fourth-order valence-corrected chi connectivity index (χ4v) is 3.67. The van der Waals surface area contributed by atoms with E-state index >= 15 is 0 Å². The molecule has 0 saturated heterocycles. The molecule has 24 heavy (non-hydrogen) atoms. The summed E-state index contributed by atoms with van der Waals surface area (Å²) in [6.07, 6.45) is 0.814. The molecule has 0 atom stereocenters. The van der Waals surface area contributed by atoms with Crippen LogP contribution in [-0.2, 0) is 15.6 Å². The summed E-state index contributed by atoms with van der Waals surface area (Å²) in [4.78, 5) is 12.3. The molecule has 6 heteroatoms. The van der Waals surface area contributed by atoms with Crippen LogP contribution in [0.5, 0.6) is 0 Å². The van der Waals surface area contributed by atoms with Crippen molar-refractivity contribution >= 4 is 15.7 Å². The SMILES string of the molecule is CNCCCNC(=O)c1cccc(S(=O)(=O)Cc2ccccc2)c1. The van der Waals surface area contributed by atoms with E-state index in [0.29, 0.717) is 12.1 Å². The van der Waals surface area contributed by atoms with E-state index in [1.165, 1.54) is 12.1 Å². The van der Waals surface area contributed by atoms with Crippen molar-refractivity contribution < 1.29 is 13.2 Å². The molecule has 0 heterocycles. The maximum Gasteiger partial charge on any atom is 0.251 e. The molecule has 2 N–H and O–H groups in total. The summed E-state index contributed by atoms with van der Waals surface area (Å²) >= 11 is 0. The first-order valence-electron chi connectivity index (χ1n) is 7.82. The predicted molar refractivity (Wildman–Crippen MR) is 94.7 cm³/mol. The molecule has 2 rings (SSSR count). The first-order valence-corrected chi connectivity index (χ1v) is 9.48. The maximum atomic E-state index is 12.5. The normalized spacial score (nSPS) is 11.2. The molecule has 2 aromatic rings. The number of hydrogen-bond donors (Lipinski definition) is 2. The summed E-state index contributed by atoms with van der Waals surface area (Å²) < 4.78 is 25.1. The van der Waals surface area contributed by atoms with E-state index in [1.807, 2.05) is 13.1 Å². The van der Waals surface area contributed by atoms with Crippen molar-refractivity contribution in [1.29, 1.82) is 0 Å². The molecule has 0 radical (unpaired) electrons. The molecule has 1 amide bonds. The Balaban J connectivity index is 2.10. The summed E-state index contributed by atoms with van der Waals surface area (Å²) in [5.74, 6) is -0.343.